The van der Waals surface area contributed by atoms with Crippen LogP contribution < -0.4 is 5.32 Å². The number of hydrogen-bond donors (Lipinski definition) is 8. The molecule has 0 spiro atoms. The number of amides is 1. The normalized spacial score (nSPS) is 22.3. The largest absolute Gasteiger partial charge is 0.394 e. The quantitative estimate of drug-likeness (QED) is 0.0227. The predicted molar refractivity (Wildman–Crippen MR) is 233 cm³/mol. The van der Waals surface area contributed by atoms with Crippen LogP contribution in [0.25, 0.3) is 0 Å². The van der Waals surface area contributed by atoms with Crippen molar-refractivity contribution in [3.63, 3.8) is 0 Å². The van der Waals surface area contributed by atoms with Crippen molar-refractivity contribution in [1.82, 2.24) is 5.32 Å². The minimum absolute atomic E-state index is 0.165. The van der Waals surface area contributed by atoms with E-state index in [0.717, 1.165) is 32.1 Å². The van der Waals surface area contributed by atoms with Crippen LogP contribution in [0.2, 0.25) is 0 Å². The van der Waals surface area contributed by atoms with E-state index in [1.165, 1.54) is 109 Å². The van der Waals surface area contributed by atoms with E-state index >= 15 is 0 Å². The standard InChI is InChI=1S/C47H87NO10/c1-3-5-7-9-11-13-14-15-16-17-18-19-20-21-22-23-24-25-26-27-29-30-32-34-39(50)42(52)38(37-57-47-45(55)44(54)43(53)41(36-49)58-47)48-46(56)40(51)35-33-31-28-12-10-8-6-4-2/h23-24,27-29,31,38-45,47,49-55H,3-22,25-26,30,32-37H2,1-2H3,(H,48,56)/b24-23+,29-27+,31-28-. The first-order valence-electron chi connectivity index (χ1n) is 23.4. The molecular weight excluding hydrogens is 739 g/mol. The molecule has 11 nitrogen and oxygen atoms in total. The predicted octanol–water partition coefficient (Wildman–Crippen LogP) is 7.61. The van der Waals surface area contributed by atoms with Gasteiger partial charge in [0.2, 0.25) is 5.91 Å². The highest BCUT2D eigenvalue weighted by atomic mass is 16.7. The van der Waals surface area contributed by atoms with Crippen LogP contribution in [0.4, 0.5) is 0 Å². The highest BCUT2D eigenvalue weighted by molar-refractivity contribution is 5.80. The zero-order chi connectivity index (χ0) is 42.6. The highest BCUT2D eigenvalue weighted by Crippen LogP contribution is 2.23. The molecule has 9 unspecified atom stereocenters. The molecule has 0 aromatic heterocycles. The zero-order valence-corrected chi connectivity index (χ0v) is 36.5. The summed E-state index contributed by atoms with van der Waals surface area (Å²) in [6.45, 7) is 3.34. The van der Waals surface area contributed by atoms with Gasteiger partial charge >= 0.3 is 0 Å². The van der Waals surface area contributed by atoms with E-state index in [1.54, 1.807) is 0 Å². The van der Waals surface area contributed by atoms with Crippen molar-refractivity contribution in [3.05, 3.63) is 36.5 Å². The van der Waals surface area contributed by atoms with Crippen molar-refractivity contribution in [2.75, 3.05) is 13.2 Å². The van der Waals surface area contributed by atoms with Crippen molar-refractivity contribution in [1.29, 1.82) is 0 Å². The average Bonchev–Trinajstić information content (AvgIpc) is 3.22. The maximum atomic E-state index is 13.0. The topological polar surface area (TPSA) is 189 Å². The van der Waals surface area contributed by atoms with E-state index in [9.17, 15) is 40.5 Å². The lowest BCUT2D eigenvalue weighted by molar-refractivity contribution is -0.303. The first-order chi connectivity index (χ1) is 28.2. The molecule has 8 N–H and O–H groups in total. The van der Waals surface area contributed by atoms with Crippen LogP contribution in [0.5, 0.6) is 0 Å². The molecule has 11 heteroatoms. The molecule has 1 rings (SSSR count). The summed E-state index contributed by atoms with van der Waals surface area (Å²) in [5, 5.41) is 75.3. The number of nitrogens with one attached hydrogen (secondary N) is 1. The van der Waals surface area contributed by atoms with Gasteiger partial charge < -0.3 is 50.5 Å². The number of unbranched alkanes of at least 4 members (excludes halogenated alkanes) is 20. The lowest BCUT2D eigenvalue weighted by Gasteiger charge is -2.40. The number of hydrogen-bond acceptors (Lipinski definition) is 10. The molecular formula is C47H87NO10. The zero-order valence-electron chi connectivity index (χ0n) is 36.5. The van der Waals surface area contributed by atoms with Crippen LogP contribution >= 0.6 is 0 Å². The number of carbonyl (C=O) groups is 1. The Morgan fingerprint density at radius 1 is 0.586 bits per heavy atom. The summed E-state index contributed by atoms with van der Waals surface area (Å²) in [5.41, 5.74) is 0. The Morgan fingerprint density at radius 2 is 1.03 bits per heavy atom. The summed E-state index contributed by atoms with van der Waals surface area (Å²) < 4.78 is 11.0. The second-order valence-electron chi connectivity index (χ2n) is 16.5. The first kappa shape index (κ1) is 54.3. The van der Waals surface area contributed by atoms with E-state index in [4.69, 9.17) is 9.47 Å². The van der Waals surface area contributed by atoms with E-state index in [1.807, 2.05) is 12.2 Å². The fraction of sp³-hybridized carbons (Fsp3) is 0.851. The molecule has 1 saturated heterocycles. The monoisotopic (exact) mass is 826 g/mol. The number of carbonyl (C=O) groups excluding carboxylic acids is 1. The summed E-state index contributed by atoms with van der Waals surface area (Å²) in [5.74, 6) is -0.749. The summed E-state index contributed by atoms with van der Waals surface area (Å²) in [7, 11) is 0. The van der Waals surface area contributed by atoms with Gasteiger partial charge in [-0.3, -0.25) is 4.79 Å². The van der Waals surface area contributed by atoms with Gasteiger partial charge in [0.15, 0.2) is 6.29 Å². The number of ether oxygens (including phenoxy) is 2. The Morgan fingerprint density at radius 3 is 1.55 bits per heavy atom. The summed E-state index contributed by atoms with van der Waals surface area (Å²) in [6, 6.07) is -1.20. The van der Waals surface area contributed by atoms with E-state index < -0.39 is 74.2 Å². The third kappa shape index (κ3) is 26.5. The minimum atomic E-state index is -1.67. The Hall–Kier alpha value is -1.67. The second kappa shape index (κ2) is 37.1. The Bertz CT molecular complexity index is 1040. The number of aliphatic hydroxyl groups is 7. The molecule has 1 fully saturated rings. The van der Waals surface area contributed by atoms with Gasteiger partial charge in [0.25, 0.3) is 0 Å². The summed E-state index contributed by atoms with van der Waals surface area (Å²) in [4.78, 5) is 13.0. The lowest BCUT2D eigenvalue weighted by atomic mass is 9.99. The molecule has 1 amide bonds. The van der Waals surface area contributed by atoms with Gasteiger partial charge in [-0.15, -0.1) is 0 Å². The van der Waals surface area contributed by atoms with Gasteiger partial charge in [0, 0.05) is 0 Å². The van der Waals surface area contributed by atoms with Crippen molar-refractivity contribution >= 4 is 5.91 Å². The Balaban J connectivity index is 2.41. The van der Waals surface area contributed by atoms with Crippen LogP contribution in [0.1, 0.15) is 187 Å². The molecule has 0 aromatic carbocycles. The van der Waals surface area contributed by atoms with Gasteiger partial charge in [-0.2, -0.15) is 0 Å². The van der Waals surface area contributed by atoms with Crippen LogP contribution in [0.15, 0.2) is 36.5 Å². The molecule has 58 heavy (non-hydrogen) atoms. The molecule has 0 aliphatic carbocycles. The molecule has 0 radical (unpaired) electrons. The van der Waals surface area contributed by atoms with E-state index in [0.29, 0.717) is 19.3 Å². The summed E-state index contributed by atoms with van der Waals surface area (Å²) >= 11 is 0. The SMILES string of the molecule is CCCCCC/C=C\CCC(O)C(=O)NC(COC1OC(CO)C(O)C(O)C1O)C(O)C(O)CCC/C=C/CC/C=C/CCCCCCCCCCCCCCCC. The average molecular weight is 826 g/mol. The fourth-order valence-electron chi connectivity index (χ4n) is 7.22. The van der Waals surface area contributed by atoms with Crippen molar-refractivity contribution in [2.24, 2.45) is 0 Å². The van der Waals surface area contributed by atoms with Gasteiger partial charge in [-0.05, 0) is 70.6 Å². The molecule has 1 aliphatic rings. The fourth-order valence-corrected chi connectivity index (χ4v) is 7.22. The number of allylic oxidation sites excluding steroid dienone is 6. The Kier molecular flexibility index (Phi) is 34.8. The van der Waals surface area contributed by atoms with Gasteiger partial charge in [0.05, 0.1) is 25.4 Å². The summed E-state index contributed by atoms with van der Waals surface area (Å²) in [6.07, 6.45) is 31.0. The third-order valence-electron chi connectivity index (χ3n) is 11.2. The van der Waals surface area contributed by atoms with Crippen molar-refractivity contribution in [2.45, 2.75) is 242 Å². The number of rotatable bonds is 38. The van der Waals surface area contributed by atoms with E-state index in [-0.39, 0.29) is 12.8 Å². The van der Waals surface area contributed by atoms with Crippen molar-refractivity contribution in [3.8, 4) is 0 Å². The van der Waals surface area contributed by atoms with Crippen molar-refractivity contribution < 1.29 is 50.0 Å². The first-order valence-corrected chi connectivity index (χ1v) is 23.4. The molecule has 9 atom stereocenters. The molecule has 1 heterocycles. The highest BCUT2D eigenvalue weighted by Gasteiger charge is 2.44. The second-order valence-corrected chi connectivity index (χ2v) is 16.5. The maximum absolute atomic E-state index is 13.0. The van der Waals surface area contributed by atoms with Crippen LogP contribution in [-0.2, 0) is 14.3 Å². The van der Waals surface area contributed by atoms with Crippen LogP contribution in [-0.4, -0.2) is 110 Å². The molecule has 340 valence electrons. The number of aliphatic hydroxyl groups excluding tert-OH is 7. The smallest absolute Gasteiger partial charge is 0.249 e. The van der Waals surface area contributed by atoms with Gasteiger partial charge in [-0.1, -0.05) is 153 Å². The third-order valence-corrected chi connectivity index (χ3v) is 11.2. The Labute approximate surface area is 352 Å². The molecule has 1 aliphatic heterocycles. The molecule has 0 aromatic rings. The van der Waals surface area contributed by atoms with Gasteiger partial charge in [-0.25, -0.2) is 0 Å². The van der Waals surface area contributed by atoms with E-state index in [2.05, 4.69) is 43.5 Å². The van der Waals surface area contributed by atoms with Gasteiger partial charge in [0.1, 0.15) is 36.6 Å². The lowest BCUT2D eigenvalue weighted by Crippen LogP contribution is -2.60. The minimum Gasteiger partial charge on any atom is -0.394 e. The van der Waals surface area contributed by atoms with Crippen LogP contribution in [0.3, 0.4) is 0 Å². The molecule has 0 bridgehead atoms. The van der Waals surface area contributed by atoms with Crippen LogP contribution in [0, 0.1) is 0 Å². The maximum Gasteiger partial charge on any atom is 0.249 e. The molecule has 0 saturated carbocycles.